The van der Waals surface area contributed by atoms with E-state index in [2.05, 4.69) is 83.3 Å². The molecule has 0 aliphatic carbocycles. The smallest absolute Gasteiger partial charge is 0.230 e. The van der Waals surface area contributed by atoms with Gasteiger partial charge in [-0.2, -0.15) is 0 Å². The minimum Gasteiger partial charge on any atom is -0.325 e. The fourth-order valence-electron chi connectivity index (χ4n) is 3.18. The number of aryl methyl sites for hydroxylation is 1. The van der Waals surface area contributed by atoms with E-state index < -0.39 is 0 Å². The van der Waals surface area contributed by atoms with Gasteiger partial charge in [0.2, 0.25) is 5.91 Å². The van der Waals surface area contributed by atoms with E-state index in [1.807, 2.05) is 13.8 Å². The molecule has 2 heteroatoms. The molecule has 0 aliphatic rings. The van der Waals surface area contributed by atoms with Gasteiger partial charge in [0, 0.05) is 11.1 Å². The van der Waals surface area contributed by atoms with Crippen LogP contribution in [-0.2, 0) is 4.79 Å². The summed E-state index contributed by atoms with van der Waals surface area (Å²) in [6.45, 7) is 17.0. The Labute approximate surface area is 165 Å². The van der Waals surface area contributed by atoms with Crippen LogP contribution in [0.5, 0.6) is 0 Å². The summed E-state index contributed by atoms with van der Waals surface area (Å²) in [4.78, 5) is 12.9. The van der Waals surface area contributed by atoms with E-state index in [0.717, 1.165) is 12.1 Å². The van der Waals surface area contributed by atoms with Gasteiger partial charge in [0.25, 0.3) is 0 Å². The maximum Gasteiger partial charge on any atom is 0.230 e. The Morgan fingerprint density at radius 3 is 1.96 bits per heavy atom. The van der Waals surface area contributed by atoms with Gasteiger partial charge in [-0.15, -0.1) is 0 Å². The molecule has 0 spiro atoms. The first-order valence-electron chi connectivity index (χ1n) is 10.1. The number of hydrogen-bond acceptors (Lipinski definition) is 1. The Kier molecular flexibility index (Phi) is 6.51. The molecule has 0 bridgehead atoms. The topological polar surface area (TPSA) is 29.1 Å². The number of carbonyl (C=O) groups excluding carboxylic acids is 1. The first-order chi connectivity index (χ1) is 12.6. The van der Waals surface area contributed by atoms with Crippen LogP contribution < -0.4 is 5.32 Å². The molecule has 2 rings (SSSR count). The number of benzene rings is 2. The molecule has 146 valence electrons. The molecule has 0 fully saturated rings. The maximum absolute atomic E-state index is 12.9. The summed E-state index contributed by atoms with van der Waals surface area (Å²) in [5.41, 5.74) is 6.74. The van der Waals surface area contributed by atoms with Crippen LogP contribution in [0.4, 0.5) is 5.69 Å². The fourth-order valence-corrected chi connectivity index (χ4v) is 3.18. The van der Waals surface area contributed by atoms with Crippen molar-refractivity contribution in [2.75, 3.05) is 5.32 Å². The molecular weight excluding hydrogens is 330 g/mol. The first kappa shape index (κ1) is 21.2. The van der Waals surface area contributed by atoms with Crippen LogP contribution in [0, 0.1) is 12.3 Å². The lowest BCUT2D eigenvalue weighted by atomic mass is 9.86. The van der Waals surface area contributed by atoms with E-state index in [9.17, 15) is 4.79 Å². The lowest BCUT2D eigenvalue weighted by Crippen LogP contribution is -2.31. The molecular formula is C25H35NO. The van der Waals surface area contributed by atoms with Gasteiger partial charge in [0.05, 0.1) is 0 Å². The zero-order valence-electron chi connectivity index (χ0n) is 18.2. The maximum atomic E-state index is 12.9. The molecule has 0 unspecified atom stereocenters. The van der Waals surface area contributed by atoms with Crippen LogP contribution in [0.3, 0.4) is 0 Å². The van der Waals surface area contributed by atoms with E-state index >= 15 is 0 Å². The second-order valence-corrected chi connectivity index (χ2v) is 8.90. The summed E-state index contributed by atoms with van der Waals surface area (Å²) in [7, 11) is 0. The molecule has 0 heterocycles. The number of amides is 1. The second-order valence-electron chi connectivity index (χ2n) is 8.90. The van der Waals surface area contributed by atoms with Crippen LogP contribution in [0.2, 0.25) is 0 Å². The largest absolute Gasteiger partial charge is 0.325 e. The minimum atomic E-state index is -0.377. The van der Waals surface area contributed by atoms with E-state index in [-0.39, 0.29) is 11.3 Å². The van der Waals surface area contributed by atoms with Gasteiger partial charge in [-0.3, -0.25) is 4.79 Å². The van der Waals surface area contributed by atoms with Gasteiger partial charge in [-0.25, -0.2) is 0 Å². The highest BCUT2D eigenvalue weighted by molar-refractivity contribution is 5.97. The highest BCUT2D eigenvalue weighted by Crippen LogP contribution is 2.38. The summed E-state index contributed by atoms with van der Waals surface area (Å²) in [6.07, 6.45) is 0.814. The Bertz CT molecular complexity index is 786. The normalized spacial score (nSPS) is 11.9. The number of anilines is 1. The van der Waals surface area contributed by atoms with Crippen LogP contribution in [0.25, 0.3) is 11.1 Å². The molecule has 0 saturated carbocycles. The average molecular weight is 366 g/mol. The molecule has 0 aromatic heterocycles. The molecule has 0 aliphatic heterocycles. The monoisotopic (exact) mass is 365 g/mol. The second kappa shape index (κ2) is 8.29. The van der Waals surface area contributed by atoms with Crippen LogP contribution >= 0.6 is 0 Å². The average Bonchev–Trinajstić information content (AvgIpc) is 2.61. The summed E-state index contributed by atoms with van der Waals surface area (Å²) in [5.74, 6) is 0.747. The zero-order chi connectivity index (χ0) is 20.4. The van der Waals surface area contributed by atoms with E-state index in [4.69, 9.17) is 0 Å². The Morgan fingerprint density at radius 2 is 1.52 bits per heavy atom. The standard InChI is InChI=1S/C25H35NO/c1-9-25(7,8)24(27)26-23-21(16(2)3)14-20(15-22(23)17(4)5)19-12-10-11-18(6)13-19/h10-17H,9H2,1-8H3,(H,26,27). The van der Waals surface area contributed by atoms with Crippen LogP contribution in [0.15, 0.2) is 36.4 Å². The quantitative estimate of drug-likeness (QED) is 0.572. The summed E-state index contributed by atoms with van der Waals surface area (Å²) in [6, 6.07) is 13.1. The van der Waals surface area contributed by atoms with Gasteiger partial charge in [-0.1, -0.05) is 78.3 Å². The highest BCUT2D eigenvalue weighted by atomic mass is 16.2. The van der Waals surface area contributed by atoms with E-state index in [0.29, 0.717) is 11.8 Å². The van der Waals surface area contributed by atoms with Crippen molar-refractivity contribution in [3.8, 4) is 11.1 Å². The molecule has 2 aromatic carbocycles. The predicted molar refractivity (Wildman–Crippen MR) is 117 cm³/mol. The summed E-state index contributed by atoms with van der Waals surface area (Å²) < 4.78 is 0. The lowest BCUT2D eigenvalue weighted by Gasteiger charge is -2.27. The number of hydrogen-bond donors (Lipinski definition) is 1. The fraction of sp³-hybridized carbons (Fsp3) is 0.480. The summed E-state index contributed by atoms with van der Waals surface area (Å²) >= 11 is 0. The molecule has 27 heavy (non-hydrogen) atoms. The predicted octanol–water partition coefficient (Wildman–Crippen LogP) is 7.28. The van der Waals surface area contributed by atoms with Crippen molar-refractivity contribution in [3.05, 3.63) is 53.1 Å². The van der Waals surface area contributed by atoms with Crippen molar-refractivity contribution >= 4 is 11.6 Å². The molecule has 2 aromatic rings. The van der Waals surface area contributed by atoms with Gasteiger partial charge in [-0.05, 0) is 59.6 Å². The third-order valence-corrected chi connectivity index (χ3v) is 5.53. The van der Waals surface area contributed by atoms with E-state index in [1.54, 1.807) is 0 Å². The molecule has 2 nitrogen and oxygen atoms in total. The number of nitrogens with one attached hydrogen (secondary N) is 1. The molecule has 1 amide bonds. The molecule has 0 atom stereocenters. The Hall–Kier alpha value is -2.09. The van der Waals surface area contributed by atoms with Crippen molar-refractivity contribution < 1.29 is 4.79 Å². The lowest BCUT2D eigenvalue weighted by molar-refractivity contribution is -0.124. The highest BCUT2D eigenvalue weighted by Gasteiger charge is 2.27. The van der Waals surface area contributed by atoms with Crippen molar-refractivity contribution in [1.29, 1.82) is 0 Å². The molecule has 1 N–H and O–H groups in total. The van der Waals surface area contributed by atoms with Crippen LogP contribution in [-0.4, -0.2) is 5.91 Å². The van der Waals surface area contributed by atoms with Gasteiger partial charge in [0.1, 0.15) is 0 Å². The molecule has 0 saturated heterocycles. The summed E-state index contributed by atoms with van der Waals surface area (Å²) in [5, 5.41) is 3.28. The first-order valence-corrected chi connectivity index (χ1v) is 10.1. The SMILES string of the molecule is CCC(C)(C)C(=O)Nc1c(C(C)C)cc(-c2cccc(C)c2)cc1C(C)C. The third-order valence-electron chi connectivity index (χ3n) is 5.53. The van der Waals surface area contributed by atoms with E-state index in [1.165, 1.54) is 27.8 Å². The van der Waals surface area contributed by atoms with Gasteiger partial charge in [0.15, 0.2) is 0 Å². The zero-order valence-corrected chi connectivity index (χ0v) is 18.2. The van der Waals surface area contributed by atoms with Crippen molar-refractivity contribution in [2.45, 2.75) is 73.6 Å². The van der Waals surface area contributed by atoms with Gasteiger partial charge >= 0.3 is 0 Å². The number of carbonyl (C=O) groups is 1. The minimum absolute atomic E-state index is 0.0945. The van der Waals surface area contributed by atoms with Crippen molar-refractivity contribution in [2.24, 2.45) is 5.41 Å². The Balaban J connectivity index is 2.64. The van der Waals surface area contributed by atoms with Crippen molar-refractivity contribution in [3.63, 3.8) is 0 Å². The van der Waals surface area contributed by atoms with Crippen molar-refractivity contribution in [1.82, 2.24) is 0 Å². The van der Waals surface area contributed by atoms with Gasteiger partial charge < -0.3 is 5.32 Å². The number of rotatable bonds is 6. The third kappa shape index (κ3) is 4.80. The van der Waals surface area contributed by atoms with Crippen LogP contribution in [0.1, 0.15) is 83.4 Å². The molecule has 0 radical (unpaired) electrons. The Morgan fingerprint density at radius 1 is 0.963 bits per heavy atom.